The fourth-order valence-electron chi connectivity index (χ4n) is 3.70. The van der Waals surface area contributed by atoms with Gasteiger partial charge in [0, 0.05) is 33.6 Å². The smallest absolute Gasteiger partial charge is 0.331 e. The second kappa shape index (κ2) is 11.6. The highest BCUT2D eigenvalue weighted by molar-refractivity contribution is 9.10. The summed E-state index contributed by atoms with van der Waals surface area (Å²) in [5, 5.41) is 7.56. The summed E-state index contributed by atoms with van der Waals surface area (Å²) in [6.45, 7) is 3.73. The maximum Gasteiger partial charge on any atom is 0.331 e. The number of carbonyl (C=O) groups is 2. The van der Waals surface area contributed by atoms with E-state index in [1.807, 2.05) is 85.1 Å². The molecule has 7 heteroatoms. The van der Waals surface area contributed by atoms with Crippen molar-refractivity contribution >= 4 is 39.6 Å². The van der Waals surface area contributed by atoms with Crippen molar-refractivity contribution < 1.29 is 14.3 Å². The summed E-state index contributed by atoms with van der Waals surface area (Å²) >= 11 is 3.46. The number of carbonyl (C=O) groups excluding carboxylic acids is 2. The Morgan fingerprint density at radius 1 is 1.00 bits per heavy atom. The highest BCUT2D eigenvalue weighted by atomic mass is 79.9. The summed E-state index contributed by atoms with van der Waals surface area (Å²) in [6, 6.07) is 25.1. The largest absolute Gasteiger partial charge is 0.452 e. The van der Waals surface area contributed by atoms with E-state index in [1.54, 1.807) is 10.8 Å². The third-order valence-corrected chi connectivity index (χ3v) is 6.01. The number of aromatic nitrogens is 2. The highest BCUT2D eigenvalue weighted by Gasteiger charge is 2.13. The monoisotopic (exact) mass is 543 g/mol. The summed E-state index contributed by atoms with van der Waals surface area (Å²) in [5.41, 5.74) is 5.01. The number of ether oxygens (including phenoxy) is 1. The summed E-state index contributed by atoms with van der Waals surface area (Å²) in [5.74, 6) is -0.752. The number of rotatable bonds is 8. The summed E-state index contributed by atoms with van der Waals surface area (Å²) in [7, 11) is 0. The third-order valence-electron chi connectivity index (χ3n) is 5.48. The van der Waals surface area contributed by atoms with Gasteiger partial charge in [-0.3, -0.25) is 4.79 Å². The van der Waals surface area contributed by atoms with Gasteiger partial charge in [0.2, 0.25) is 0 Å². The van der Waals surface area contributed by atoms with Gasteiger partial charge in [0.05, 0.1) is 11.4 Å². The molecule has 0 atom stereocenters. The molecule has 1 amide bonds. The molecule has 0 spiro atoms. The number of nitrogens with zero attached hydrogens (tertiary/aromatic N) is 2. The van der Waals surface area contributed by atoms with Crippen LogP contribution in [0.2, 0.25) is 0 Å². The van der Waals surface area contributed by atoms with Crippen LogP contribution < -0.4 is 5.32 Å². The van der Waals surface area contributed by atoms with Crippen LogP contribution in [0.15, 0.2) is 95.6 Å². The lowest BCUT2D eigenvalue weighted by Crippen LogP contribution is -2.21. The standard InChI is InChI=1S/C29H26BrN3O3/c1-20(2)25-10-6-7-11-26(25)31-27(34)19-36-28(35)17-14-22-18-33(24-8-4-3-5-9-24)32-29(22)21-12-15-23(30)16-13-21/h3-18,20H,19H2,1-2H3,(H,31,34). The lowest BCUT2D eigenvalue weighted by molar-refractivity contribution is -0.142. The van der Waals surface area contributed by atoms with Crippen LogP contribution in [0, 0.1) is 0 Å². The summed E-state index contributed by atoms with van der Waals surface area (Å²) in [6.07, 6.45) is 4.81. The average Bonchev–Trinajstić information content (AvgIpc) is 3.32. The molecule has 1 aromatic heterocycles. The van der Waals surface area contributed by atoms with E-state index >= 15 is 0 Å². The Morgan fingerprint density at radius 3 is 2.42 bits per heavy atom. The molecule has 0 unspecified atom stereocenters. The quantitative estimate of drug-likeness (QED) is 0.200. The van der Waals surface area contributed by atoms with E-state index in [-0.39, 0.29) is 12.5 Å². The maximum absolute atomic E-state index is 12.4. The van der Waals surface area contributed by atoms with Crippen LogP contribution in [0.5, 0.6) is 0 Å². The van der Waals surface area contributed by atoms with Gasteiger partial charge in [-0.1, -0.05) is 78.3 Å². The molecule has 0 saturated carbocycles. The first-order valence-electron chi connectivity index (χ1n) is 11.6. The van der Waals surface area contributed by atoms with Crippen LogP contribution in [-0.2, 0) is 14.3 Å². The number of hydrogen-bond acceptors (Lipinski definition) is 4. The fraction of sp³-hybridized carbons (Fsp3) is 0.138. The van der Waals surface area contributed by atoms with Crippen molar-refractivity contribution in [3.05, 3.63) is 107 Å². The molecule has 6 nitrogen and oxygen atoms in total. The zero-order valence-electron chi connectivity index (χ0n) is 20.0. The second-order valence-electron chi connectivity index (χ2n) is 8.45. The molecule has 1 heterocycles. The number of benzene rings is 3. The van der Waals surface area contributed by atoms with Gasteiger partial charge in [-0.05, 0) is 47.9 Å². The second-order valence-corrected chi connectivity index (χ2v) is 9.37. The predicted octanol–water partition coefficient (Wildman–Crippen LogP) is 6.62. The number of anilines is 1. The molecule has 3 aromatic carbocycles. The number of para-hydroxylation sites is 2. The lowest BCUT2D eigenvalue weighted by atomic mass is 10.0. The normalized spacial score (nSPS) is 11.1. The van der Waals surface area contributed by atoms with Crippen LogP contribution in [0.4, 0.5) is 5.69 Å². The Hall–Kier alpha value is -3.97. The van der Waals surface area contributed by atoms with Crippen molar-refractivity contribution in [1.29, 1.82) is 0 Å². The summed E-state index contributed by atoms with van der Waals surface area (Å²) in [4.78, 5) is 24.8. The number of esters is 1. The Morgan fingerprint density at radius 2 is 1.69 bits per heavy atom. The Bertz CT molecular complexity index is 1380. The van der Waals surface area contributed by atoms with Crippen molar-refractivity contribution in [3.8, 4) is 16.9 Å². The van der Waals surface area contributed by atoms with Gasteiger partial charge >= 0.3 is 5.97 Å². The SMILES string of the molecule is CC(C)c1ccccc1NC(=O)COC(=O)C=Cc1cn(-c2ccccc2)nc1-c1ccc(Br)cc1. The van der Waals surface area contributed by atoms with Crippen molar-refractivity contribution in [2.45, 2.75) is 19.8 Å². The minimum atomic E-state index is -0.614. The molecule has 4 aromatic rings. The molecular weight excluding hydrogens is 518 g/mol. The highest BCUT2D eigenvalue weighted by Crippen LogP contribution is 2.26. The Kier molecular flexibility index (Phi) is 8.13. The van der Waals surface area contributed by atoms with E-state index in [9.17, 15) is 9.59 Å². The first kappa shape index (κ1) is 25.1. The maximum atomic E-state index is 12.4. The molecule has 0 fully saturated rings. The van der Waals surface area contributed by atoms with Gasteiger partial charge in [0.25, 0.3) is 5.91 Å². The Balaban J connectivity index is 1.46. The van der Waals surface area contributed by atoms with E-state index in [1.165, 1.54) is 6.08 Å². The van der Waals surface area contributed by atoms with E-state index in [0.717, 1.165) is 38.2 Å². The van der Waals surface area contributed by atoms with Crippen LogP contribution in [0.25, 0.3) is 23.0 Å². The molecule has 0 radical (unpaired) electrons. The molecule has 0 aliphatic heterocycles. The van der Waals surface area contributed by atoms with Crippen LogP contribution in [0.3, 0.4) is 0 Å². The molecule has 0 aliphatic rings. The van der Waals surface area contributed by atoms with Gasteiger partial charge in [-0.15, -0.1) is 0 Å². The van der Waals surface area contributed by atoms with E-state index < -0.39 is 11.9 Å². The minimum absolute atomic E-state index is 0.253. The first-order chi connectivity index (χ1) is 17.4. The van der Waals surface area contributed by atoms with E-state index in [0.29, 0.717) is 0 Å². The van der Waals surface area contributed by atoms with Crippen molar-refractivity contribution in [2.75, 3.05) is 11.9 Å². The molecule has 0 aliphatic carbocycles. The minimum Gasteiger partial charge on any atom is -0.452 e. The average molecular weight is 544 g/mol. The molecule has 4 rings (SSSR count). The first-order valence-corrected chi connectivity index (χ1v) is 12.3. The van der Waals surface area contributed by atoms with Gasteiger partial charge in [-0.25, -0.2) is 9.48 Å². The van der Waals surface area contributed by atoms with Crippen molar-refractivity contribution in [3.63, 3.8) is 0 Å². The van der Waals surface area contributed by atoms with Gasteiger partial charge in [0.15, 0.2) is 6.61 Å². The van der Waals surface area contributed by atoms with E-state index in [4.69, 9.17) is 9.84 Å². The van der Waals surface area contributed by atoms with E-state index in [2.05, 4.69) is 35.1 Å². The lowest BCUT2D eigenvalue weighted by Gasteiger charge is -2.13. The number of hydrogen-bond donors (Lipinski definition) is 1. The molecule has 0 bridgehead atoms. The molecule has 0 saturated heterocycles. The van der Waals surface area contributed by atoms with Crippen molar-refractivity contribution in [2.24, 2.45) is 0 Å². The zero-order valence-corrected chi connectivity index (χ0v) is 21.6. The molecule has 1 N–H and O–H groups in total. The van der Waals surface area contributed by atoms with Crippen molar-refractivity contribution in [1.82, 2.24) is 9.78 Å². The Labute approximate surface area is 218 Å². The van der Waals surface area contributed by atoms with Gasteiger partial charge < -0.3 is 10.1 Å². The van der Waals surface area contributed by atoms with Crippen LogP contribution in [0.1, 0.15) is 30.9 Å². The molecule has 36 heavy (non-hydrogen) atoms. The summed E-state index contributed by atoms with van der Waals surface area (Å²) < 4.78 is 7.91. The van der Waals surface area contributed by atoms with Gasteiger partial charge in [0.1, 0.15) is 0 Å². The topological polar surface area (TPSA) is 73.2 Å². The number of amides is 1. The van der Waals surface area contributed by atoms with Gasteiger partial charge in [-0.2, -0.15) is 5.10 Å². The fourth-order valence-corrected chi connectivity index (χ4v) is 3.96. The predicted molar refractivity (Wildman–Crippen MR) is 146 cm³/mol. The third kappa shape index (κ3) is 6.37. The molecular formula is C29H26BrN3O3. The van der Waals surface area contributed by atoms with Crippen LogP contribution in [-0.4, -0.2) is 28.3 Å². The number of halogens is 1. The zero-order chi connectivity index (χ0) is 25.5. The number of nitrogens with one attached hydrogen (secondary N) is 1. The molecule has 182 valence electrons. The van der Waals surface area contributed by atoms with Crippen LogP contribution >= 0.6 is 15.9 Å².